The highest BCUT2D eigenvalue weighted by atomic mass is 19.2. The molecule has 36 heavy (non-hydrogen) atoms. The van der Waals surface area contributed by atoms with Crippen LogP contribution in [-0.2, 0) is 18.9 Å². The molecule has 0 aliphatic carbocycles. The molecule has 0 radical (unpaired) electrons. The molecule has 5 unspecified atom stereocenters. The van der Waals surface area contributed by atoms with Crippen molar-refractivity contribution < 1.29 is 56.6 Å². The van der Waals surface area contributed by atoms with Gasteiger partial charge in [-0.2, -0.15) is 0 Å². The van der Waals surface area contributed by atoms with Gasteiger partial charge in [0.15, 0.2) is 35.8 Å². The summed E-state index contributed by atoms with van der Waals surface area (Å²) >= 11 is 0. The van der Waals surface area contributed by atoms with Crippen molar-refractivity contribution in [3.8, 4) is 0 Å². The molecule has 10 nitrogen and oxygen atoms in total. The van der Waals surface area contributed by atoms with Gasteiger partial charge in [0, 0.05) is 6.54 Å². The Morgan fingerprint density at radius 1 is 0.889 bits per heavy atom. The molecule has 0 bridgehead atoms. The number of aliphatic hydroxyl groups is 3. The molecule has 0 amide bonds. The Morgan fingerprint density at radius 3 is 1.89 bits per heavy atom. The number of aliphatic hydroxyl groups excluding tert-OH is 3. The van der Waals surface area contributed by atoms with E-state index in [0.29, 0.717) is 26.4 Å². The summed E-state index contributed by atoms with van der Waals surface area (Å²) < 4.78 is 71.5. The minimum atomic E-state index is -1.79. The van der Waals surface area contributed by atoms with E-state index in [0.717, 1.165) is 6.54 Å². The van der Waals surface area contributed by atoms with E-state index in [1.54, 1.807) is 6.92 Å². The number of rotatable bonds is 11. The number of halogens is 4. The van der Waals surface area contributed by atoms with E-state index in [1.165, 1.54) is 0 Å². The van der Waals surface area contributed by atoms with Gasteiger partial charge >= 0.3 is 0 Å². The van der Waals surface area contributed by atoms with E-state index in [1.807, 2.05) is 20.9 Å². The van der Waals surface area contributed by atoms with Crippen molar-refractivity contribution in [2.75, 3.05) is 52.4 Å². The Bertz CT molecular complexity index is 749. The van der Waals surface area contributed by atoms with Crippen LogP contribution in [0, 0.1) is 23.3 Å². The zero-order valence-corrected chi connectivity index (χ0v) is 20.7. The van der Waals surface area contributed by atoms with Gasteiger partial charge in [0.1, 0.15) is 24.0 Å². The fourth-order valence-electron chi connectivity index (χ4n) is 2.64. The first kappa shape index (κ1) is 34.1. The summed E-state index contributed by atoms with van der Waals surface area (Å²) in [5.41, 5.74) is 2.08. The van der Waals surface area contributed by atoms with Crippen LogP contribution in [0.25, 0.3) is 0 Å². The van der Waals surface area contributed by atoms with Crippen molar-refractivity contribution in [2.45, 2.75) is 51.5 Å². The van der Waals surface area contributed by atoms with Gasteiger partial charge in [-0.3, -0.25) is 4.79 Å². The van der Waals surface area contributed by atoms with Crippen molar-refractivity contribution in [1.29, 1.82) is 0 Å². The molecule has 1 aromatic rings. The number of carbonyl (C=O) groups is 1. The van der Waals surface area contributed by atoms with Crippen LogP contribution in [0.4, 0.5) is 23.2 Å². The van der Waals surface area contributed by atoms with E-state index < -0.39 is 65.2 Å². The first-order valence-corrected chi connectivity index (χ1v) is 11.3. The first-order valence-electron chi connectivity index (χ1n) is 11.3. The van der Waals surface area contributed by atoms with E-state index in [2.05, 4.69) is 11.1 Å². The Labute approximate surface area is 207 Å². The van der Waals surface area contributed by atoms with Gasteiger partial charge in [-0.1, -0.05) is 13.8 Å². The number of nitrogens with one attached hydrogen (secondary N) is 1. The van der Waals surface area contributed by atoms with Crippen molar-refractivity contribution >= 4 is 12.0 Å². The molecule has 5 atom stereocenters. The molecule has 1 saturated heterocycles. The third-order valence-electron chi connectivity index (χ3n) is 4.64. The van der Waals surface area contributed by atoms with Crippen LogP contribution >= 0.6 is 0 Å². The first-order chi connectivity index (χ1) is 17.1. The number of ether oxygens (including phenoxy) is 4. The number of nitrogen functional groups attached to an aromatic ring is 1. The number of hydrogen-bond donors (Lipinski definition) is 5. The number of aldehydes is 1. The monoisotopic (exact) mass is 532 g/mol. The molecule has 2 rings (SSSR count). The van der Waals surface area contributed by atoms with Crippen molar-refractivity contribution in [2.24, 2.45) is 0 Å². The average Bonchev–Trinajstić information content (AvgIpc) is 2.88. The summed E-state index contributed by atoms with van der Waals surface area (Å²) in [6.45, 7) is 8.55. The van der Waals surface area contributed by atoms with Crippen molar-refractivity contribution in [1.82, 2.24) is 5.32 Å². The highest BCUT2D eigenvalue weighted by molar-refractivity contribution is 5.77. The van der Waals surface area contributed by atoms with E-state index >= 15 is 0 Å². The quantitative estimate of drug-likeness (QED) is 0.0907. The van der Waals surface area contributed by atoms with Gasteiger partial charge in [0.2, 0.25) is 0 Å². The Hall–Kier alpha value is -1.91. The molecule has 1 heterocycles. The SMILES string of the molecule is CC.CNCCOCCOCCOC1OC(C)C(O)C(O)C1O.Nc1c(F)c(F)c(C=O)c(F)c1F. The van der Waals surface area contributed by atoms with Gasteiger partial charge in [-0.25, -0.2) is 17.6 Å². The molecule has 1 aliphatic rings. The zero-order valence-electron chi connectivity index (χ0n) is 20.7. The van der Waals surface area contributed by atoms with Crippen LogP contribution in [0.3, 0.4) is 0 Å². The molecule has 0 spiro atoms. The lowest BCUT2D eigenvalue weighted by atomic mass is 10.0. The predicted octanol–water partition coefficient (Wildman–Crippen LogP) is 0.747. The van der Waals surface area contributed by atoms with Crippen molar-refractivity contribution in [3.05, 3.63) is 28.8 Å². The molecule has 14 heteroatoms. The summed E-state index contributed by atoms with van der Waals surface area (Å²) in [5.74, 6) is -7.10. The second-order valence-corrected chi connectivity index (χ2v) is 7.08. The lowest BCUT2D eigenvalue weighted by molar-refractivity contribution is -0.294. The van der Waals surface area contributed by atoms with Gasteiger partial charge < -0.3 is 45.3 Å². The van der Waals surface area contributed by atoms with Gasteiger partial charge in [-0.15, -0.1) is 0 Å². The van der Waals surface area contributed by atoms with Gasteiger partial charge in [0.25, 0.3) is 0 Å². The second-order valence-electron chi connectivity index (χ2n) is 7.08. The summed E-state index contributed by atoms with van der Waals surface area (Å²) in [6.07, 6.45) is -5.56. The third-order valence-corrected chi connectivity index (χ3v) is 4.64. The van der Waals surface area contributed by atoms with E-state index in [-0.39, 0.29) is 12.9 Å². The molecular formula is C22H36F4N2O8. The summed E-state index contributed by atoms with van der Waals surface area (Å²) in [5, 5.41) is 31.8. The number of carbonyl (C=O) groups excluding carboxylic acids is 1. The smallest absolute Gasteiger partial charge is 0.186 e. The number of likely N-dealkylation sites (N-methyl/N-ethyl adjacent to an activating group) is 1. The van der Waals surface area contributed by atoms with Crippen molar-refractivity contribution in [3.63, 3.8) is 0 Å². The van der Waals surface area contributed by atoms with Crippen LogP contribution < -0.4 is 11.1 Å². The van der Waals surface area contributed by atoms with Crippen LogP contribution in [0.15, 0.2) is 0 Å². The Morgan fingerprint density at radius 2 is 1.39 bits per heavy atom. The van der Waals surface area contributed by atoms with Crippen LogP contribution in [-0.4, -0.2) is 98.9 Å². The van der Waals surface area contributed by atoms with Gasteiger partial charge in [-0.05, 0) is 14.0 Å². The maximum Gasteiger partial charge on any atom is 0.186 e. The summed E-state index contributed by atoms with van der Waals surface area (Å²) in [4.78, 5) is 10.0. The Kier molecular flexibility index (Phi) is 17.4. The number of benzene rings is 1. The minimum absolute atomic E-state index is 0.216. The summed E-state index contributed by atoms with van der Waals surface area (Å²) in [6, 6.07) is 0. The lowest BCUT2D eigenvalue weighted by Gasteiger charge is -2.38. The maximum absolute atomic E-state index is 12.6. The molecule has 1 fully saturated rings. The molecule has 0 saturated carbocycles. The summed E-state index contributed by atoms with van der Waals surface area (Å²) in [7, 11) is 1.86. The standard InChI is InChI=1S/C13H27NO7.C7H3F4NO.C2H6/c1-9-10(15)11(16)12(17)13(21-9)20-8-7-19-6-5-18-4-3-14-2;8-3-2(1-13)4(9)6(11)7(12)5(3)10;1-2/h9-17H,3-8H2,1-2H3;1H,12H2;1-2H3. The highest BCUT2D eigenvalue weighted by Crippen LogP contribution is 2.24. The van der Waals surface area contributed by atoms with Crippen LogP contribution in [0.1, 0.15) is 31.1 Å². The Balaban J connectivity index is 0.000000698. The largest absolute Gasteiger partial charge is 0.394 e. The number of hydrogen-bond acceptors (Lipinski definition) is 10. The fourth-order valence-corrected chi connectivity index (χ4v) is 2.64. The number of nitrogens with two attached hydrogens (primary N) is 1. The molecule has 1 aliphatic heterocycles. The lowest BCUT2D eigenvalue weighted by Crippen LogP contribution is -2.57. The maximum atomic E-state index is 12.6. The average molecular weight is 533 g/mol. The molecule has 6 N–H and O–H groups in total. The molecule has 210 valence electrons. The predicted molar refractivity (Wildman–Crippen MR) is 121 cm³/mol. The third kappa shape index (κ3) is 10.2. The van der Waals surface area contributed by atoms with Crippen LogP contribution in [0.2, 0.25) is 0 Å². The molecule has 1 aromatic carbocycles. The van der Waals surface area contributed by atoms with Gasteiger partial charge in [0.05, 0.1) is 44.7 Å². The van der Waals surface area contributed by atoms with E-state index in [9.17, 15) is 37.7 Å². The molecule has 0 aromatic heterocycles. The second kappa shape index (κ2) is 18.4. The topological polar surface area (TPSA) is 153 Å². The van der Waals surface area contributed by atoms with Crippen LogP contribution in [0.5, 0.6) is 0 Å². The molecular weight excluding hydrogens is 496 g/mol. The fraction of sp³-hybridized carbons (Fsp3) is 0.682. The highest BCUT2D eigenvalue weighted by Gasteiger charge is 2.42. The number of anilines is 1. The normalized spacial score (nSPS) is 23.2. The zero-order chi connectivity index (χ0) is 27.8. The van der Waals surface area contributed by atoms with E-state index in [4.69, 9.17) is 18.9 Å². The minimum Gasteiger partial charge on any atom is -0.394 e.